The zero-order chi connectivity index (χ0) is 21.0. The number of carbonyl (C=O) groups excluding carboxylic acids is 2. The van der Waals surface area contributed by atoms with Crippen LogP contribution >= 0.6 is 15.9 Å². The molecule has 1 aromatic rings. The van der Waals surface area contributed by atoms with Crippen molar-refractivity contribution in [1.29, 1.82) is 0 Å². The SMILES string of the molecule is C=CCCCCN(C)CCC(C)(CC)NC(=O)N(C=O)Cc1ccc(Br)cc1. The molecule has 0 spiro atoms. The third-order valence-corrected chi connectivity index (χ3v) is 5.62. The molecule has 1 unspecified atom stereocenters. The van der Waals surface area contributed by atoms with E-state index in [9.17, 15) is 9.59 Å². The first-order valence-corrected chi connectivity index (χ1v) is 10.7. The molecule has 1 N–H and O–H groups in total. The predicted octanol–water partition coefficient (Wildman–Crippen LogP) is 4.96. The predicted molar refractivity (Wildman–Crippen MR) is 119 cm³/mol. The Bertz CT molecular complexity index is 621. The van der Waals surface area contributed by atoms with Crippen LogP contribution in [0.25, 0.3) is 0 Å². The topological polar surface area (TPSA) is 52.7 Å². The zero-order valence-corrected chi connectivity index (χ0v) is 19.0. The van der Waals surface area contributed by atoms with E-state index in [0.717, 1.165) is 55.2 Å². The Labute approximate surface area is 178 Å². The van der Waals surface area contributed by atoms with Gasteiger partial charge in [0.2, 0.25) is 6.41 Å². The number of benzene rings is 1. The monoisotopic (exact) mass is 451 g/mol. The summed E-state index contributed by atoms with van der Waals surface area (Å²) in [6, 6.07) is 7.24. The second-order valence-electron chi connectivity index (χ2n) is 7.54. The summed E-state index contributed by atoms with van der Waals surface area (Å²) >= 11 is 3.39. The van der Waals surface area contributed by atoms with Crippen LogP contribution in [0.4, 0.5) is 4.79 Å². The lowest BCUT2D eigenvalue weighted by Crippen LogP contribution is -2.52. The number of halogens is 1. The molecule has 0 heterocycles. The second-order valence-corrected chi connectivity index (χ2v) is 8.46. The Hall–Kier alpha value is -1.66. The Morgan fingerprint density at radius 2 is 1.93 bits per heavy atom. The number of carbonyl (C=O) groups is 2. The third-order valence-electron chi connectivity index (χ3n) is 5.09. The molecule has 0 aliphatic heterocycles. The highest BCUT2D eigenvalue weighted by atomic mass is 79.9. The molecule has 0 fully saturated rings. The van der Waals surface area contributed by atoms with E-state index in [4.69, 9.17) is 0 Å². The van der Waals surface area contributed by atoms with Crippen molar-refractivity contribution in [2.24, 2.45) is 0 Å². The van der Waals surface area contributed by atoms with E-state index in [1.165, 1.54) is 4.90 Å². The Morgan fingerprint density at radius 3 is 2.50 bits per heavy atom. The fourth-order valence-corrected chi connectivity index (χ4v) is 3.09. The number of urea groups is 1. The minimum absolute atomic E-state index is 0.256. The summed E-state index contributed by atoms with van der Waals surface area (Å²) in [5.74, 6) is 0. The van der Waals surface area contributed by atoms with Gasteiger partial charge >= 0.3 is 6.03 Å². The highest BCUT2D eigenvalue weighted by Gasteiger charge is 2.27. The lowest BCUT2D eigenvalue weighted by Gasteiger charge is -2.33. The molecule has 1 aromatic carbocycles. The fraction of sp³-hybridized carbons (Fsp3) is 0.545. The van der Waals surface area contributed by atoms with Crippen LogP contribution in [0.5, 0.6) is 0 Å². The van der Waals surface area contributed by atoms with Gasteiger partial charge in [-0.15, -0.1) is 6.58 Å². The van der Waals surface area contributed by atoms with Crippen molar-refractivity contribution < 1.29 is 9.59 Å². The highest BCUT2D eigenvalue weighted by Crippen LogP contribution is 2.17. The molecule has 0 saturated heterocycles. The van der Waals surface area contributed by atoms with Gasteiger partial charge in [0.05, 0.1) is 6.54 Å². The quantitative estimate of drug-likeness (QED) is 0.261. The Morgan fingerprint density at radius 1 is 1.25 bits per heavy atom. The van der Waals surface area contributed by atoms with Gasteiger partial charge in [0.25, 0.3) is 0 Å². The molecule has 0 bridgehead atoms. The van der Waals surface area contributed by atoms with Crippen molar-refractivity contribution in [1.82, 2.24) is 15.1 Å². The van der Waals surface area contributed by atoms with Crippen LogP contribution in [0.15, 0.2) is 41.4 Å². The minimum atomic E-state index is -0.354. The van der Waals surface area contributed by atoms with E-state index >= 15 is 0 Å². The van der Waals surface area contributed by atoms with Crippen LogP contribution in [-0.4, -0.2) is 47.9 Å². The van der Waals surface area contributed by atoms with Gasteiger partial charge < -0.3 is 10.2 Å². The summed E-state index contributed by atoms with van der Waals surface area (Å²) in [6.45, 7) is 10.0. The van der Waals surface area contributed by atoms with Crippen molar-refractivity contribution in [3.05, 3.63) is 47.0 Å². The molecule has 5 nitrogen and oxygen atoms in total. The number of hydrogen-bond acceptors (Lipinski definition) is 3. The first-order chi connectivity index (χ1) is 13.3. The van der Waals surface area contributed by atoms with Crippen LogP contribution in [0.1, 0.15) is 51.5 Å². The summed E-state index contributed by atoms with van der Waals surface area (Å²) in [4.78, 5) is 27.6. The smallest absolute Gasteiger partial charge is 0.324 e. The average molecular weight is 452 g/mol. The molecule has 0 saturated carbocycles. The van der Waals surface area contributed by atoms with Gasteiger partial charge in [-0.1, -0.05) is 41.1 Å². The van der Waals surface area contributed by atoms with Gasteiger partial charge in [0.1, 0.15) is 0 Å². The van der Waals surface area contributed by atoms with Crippen molar-refractivity contribution >= 4 is 28.4 Å². The number of unbranched alkanes of at least 4 members (excludes halogenated alkanes) is 2. The number of nitrogens with zero attached hydrogens (tertiary/aromatic N) is 2. The molecule has 1 atom stereocenters. The number of hydrogen-bond donors (Lipinski definition) is 1. The van der Waals surface area contributed by atoms with Gasteiger partial charge in [-0.2, -0.15) is 0 Å². The number of nitrogens with one attached hydrogen (secondary N) is 1. The van der Waals surface area contributed by atoms with Crippen molar-refractivity contribution in [2.45, 2.75) is 58.0 Å². The summed E-state index contributed by atoms with van der Waals surface area (Å²) in [5.41, 5.74) is 0.552. The number of rotatable bonds is 13. The van der Waals surface area contributed by atoms with E-state index in [2.05, 4.69) is 46.7 Å². The maximum atomic E-state index is 12.7. The lowest BCUT2D eigenvalue weighted by atomic mass is 9.94. The van der Waals surface area contributed by atoms with E-state index in [1.807, 2.05) is 37.3 Å². The Balaban J connectivity index is 2.56. The van der Waals surface area contributed by atoms with Gasteiger partial charge in [0, 0.05) is 16.6 Å². The third kappa shape index (κ3) is 9.02. The van der Waals surface area contributed by atoms with Crippen molar-refractivity contribution in [2.75, 3.05) is 20.1 Å². The molecular weight excluding hydrogens is 418 g/mol. The van der Waals surface area contributed by atoms with E-state index in [0.29, 0.717) is 6.41 Å². The normalized spacial score (nSPS) is 13.0. The molecule has 0 aliphatic rings. The van der Waals surface area contributed by atoms with Gasteiger partial charge in [-0.3, -0.25) is 9.69 Å². The van der Waals surface area contributed by atoms with Crippen LogP contribution in [0.2, 0.25) is 0 Å². The maximum Gasteiger partial charge on any atom is 0.324 e. The molecule has 1 rings (SSSR count). The number of allylic oxidation sites excluding steroid dienone is 1. The molecule has 156 valence electrons. The molecule has 6 heteroatoms. The minimum Gasteiger partial charge on any atom is -0.332 e. The van der Waals surface area contributed by atoms with E-state index in [-0.39, 0.29) is 18.1 Å². The zero-order valence-electron chi connectivity index (χ0n) is 17.4. The first kappa shape index (κ1) is 24.4. The summed E-state index contributed by atoms with van der Waals surface area (Å²) < 4.78 is 0.963. The highest BCUT2D eigenvalue weighted by molar-refractivity contribution is 9.10. The number of imide groups is 1. The molecular formula is C22H34BrN3O2. The van der Waals surface area contributed by atoms with Gasteiger partial charge in [0.15, 0.2) is 0 Å². The first-order valence-electron chi connectivity index (χ1n) is 9.91. The maximum absolute atomic E-state index is 12.7. The number of amides is 3. The Kier molecular flexibility index (Phi) is 11.1. The van der Waals surface area contributed by atoms with E-state index < -0.39 is 0 Å². The second kappa shape index (κ2) is 12.7. The van der Waals surface area contributed by atoms with Crippen LogP contribution in [-0.2, 0) is 11.3 Å². The summed E-state index contributed by atoms with van der Waals surface area (Å²) in [6.07, 6.45) is 7.53. The largest absolute Gasteiger partial charge is 0.332 e. The summed E-state index contributed by atoms with van der Waals surface area (Å²) in [7, 11) is 2.11. The standard InChI is InChI=1S/C22H34BrN3O2/c1-5-7-8-9-15-25(4)16-14-22(3,6-2)24-21(28)26(18-27)17-19-10-12-20(23)13-11-19/h5,10-13,18H,1,6-9,14-17H2,2-4H3,(H,24,28). The van der Waals surface area contributed by atoms with Gasteiger partial charge in [-0.05, 0) is 70.3 Å². The van der Waals surface area contributed by atoms with Crippen LogP contribution in [0, 0.1) is 0 Å². The fourth-order valence-electron chi connectivity index (χ4n) is 2.82. The van der Waals surface area contributed by atoms with Crippen molar-refractivity contribution in [3.63, 3.8) is 0 Å². The molecule has 0 aromatic heterocycles. The average Bonchev–Trinajstić information content (AvgIpc) is 2.69. The van der Waals surface area contributed by atoms with Crippen LogP contribution < -0.4 is 5.32 Å². The lowest BCUT2D eigenvalue weighted by molar-refractivity contribution is -0.116. The molecule has 0 aliphatic carbocycles. The molecule has 3 amide bonds. The van der Waals surface area contributed by atoms with E-state index in [1.54, 1.807) is 0 Å². The summed E-state index contributed by atoms with van der Waals surface area (Å²) in [5, 5.41) is 3.06. The van der Waals surface area contributed by atoms with Crippen LogP contribution in [0.3, 0.4) is 0 Å². The molecule has 28 heavy (non-hydrogen) atoms. The van der Waals surface area contributed by atoms with Crippen molar-refractivity contribution in [3.8, 4) is 0 Å². The van der Waals surface area contributed by atoms with Gasteiger partial charge in [-0.25, -0.2) is 4.79 Å². The molecule has 0 radical (unpaired) electrons.